The quantitative estimate of drug-likeness (QED) is 0.408. The SMILES string of the molecule is NC(=O)C/C(=C/C[PH](=O)CO)C(=O)O. The van der Waals surface area contributed by atoms with Gasteiger partial charge in [-0.05, 0) is 0 Å². The molecule has 0 aliphatic carbocycles. The first-order chi connectivity index (χ1) is 6.47. The molecule has 0 aliphatic heterocycles. The highest BCUT2D eigenvalue weighted by Crippen LogP contribution is 2.19. The van der Waals surface area contributed by atoms with Gasteiger partial charge in [0.05, 0.1) is 12.8 Å². The Morgan fingerprint density at radius 1 is 1.43 bits per heavy atom. The number of carbonyl (C=O) groups excluding carboxylic acids is 1. The van der Waals surface area contributed by atoms with Gasteiger partial charge in [-0.3, -0.25) is 4.79 Å². The number of carbonyl (C=O) groups is 2. The highest BCUT2D eigenvalue weighted by atomic mass is 31.1. The first-order valence-electron chi connectivity index (χ1n) is 3.80. The van der Waals surface area contributed by atoms with Crippen LogP contribution in [-0.4, -0.2) is 34.6 Å². The first kappa shape index (κ1) is 12.9. The molecule has 0 spiro atoms. The third-order valence-electron chi connectivity index (χ3n) is 1.39. The van der Waals surface area contributed by atoms with Crippen molar-refractivity contribution in [1.29, 1.82) is 0 Å². The predicted molar refractivity (Wildman–Crippen MR) is 50.5 cm³/mol. The normalized spacial score (nSPS) is 13.6. The van der Waals surface area contributed by atoms with E-state index in [2.05, 4.69) is 0 Å². The number of rotatable bonds is 6. The van der Waals surface area contributed by atoms with Gasteiger partial charge < -0.3 is 20.5 Å². The highest BCUT2D eigenvalue weighted by Gasteiger charge is 2.10. The molecule has 0 aromatic heterocycles. The van der Waals surface area contributed by atoms with Crippen LogP contribution in [0.25, 0.3) is 0 Å². The standard InChI is InChI=1S/C7H12NO5P/c8-6(10)3-5(7(11)12)1-2-14(13)4-9/h1,9,14H,2-4H2,(H2,8,10)(H,11,12)/b5-1-. The summed E-state index contributed by atoms with van der Waals surface area (Å²) in [4.78, 5) is 20.9. The van der Waals surface area contributed by atoms with Crippen LogP contribution in [0.4, 0.5) is 0 Å². The second kappa shape index (κ2) is 6.34. The van der Waals surface area contributed by atoms with Crippen molar-refractivity contribution >= 4 is 19.7 Å². The minimum atomic E-state index is -2.18. The van der Waals surface area contributed by atoms with Crippen molar-refractivity contribution in [3.8, 4) is 0 Å². The minimum absolute atomic E-state index is 0.0317. The summed E-state index contributed by atoms with van der Waals surface area (Å²) in [6, 6.07) is 0. The van der Waals surface area contributed by atoms with Gasteiger partial charge in [-0.15, -0.1) is 0 Å². The lowest BCUT2D eigenvalue weighted by Crippen LogP contribution is -2.15. The largest absolute Gasteiger partial charge is 0.478 e. The molecule has 0 aromatic rings. The lowest BCUT2D eigenvalue weighted by Gasteiger charge is -1.98. The van der Waals surface area contributed by atoms with Crippen molar-refractivity contribution in [3.63, 3.8) is 0 Å². The van der Waals surface area contributed by atoms with E-state index >= 15 is 0 Å². The van der Waals surface area contributed by atoms with Crippen LogP contribution < -0.4 is 5.73 Å². The Kier molecular flexibility index (Phi) is 5.83. The second-order valence-electron chi connectivity index (χ2n) is 2.58. The van der Waals surface area contributed by atoms with Gasteiger partial charge in [-0.2, -0.15) is 0 Å². The summed E-state index contributed by atoms with van der Waals surface area (Å²) in [5, 5.41) is 17.0. The molecule has 0 aliphatic rings. The number of aliphatic hydroxyl groups is 1. The molecule has 0 saturated carbocycles. The topological polar surface area (TPSA) is 118 Å². The summed E-state index contributed by atoms with van der Waals surface area (Å²) in [5.41, 5.74) is 4.62. The zero-order valence-corrected chi connectivity index (χ0v) is 8.40. The number of allylic oxidation sites excluding steroid dienone is 1. The molecule has 0 saturated heterocycles. The van der Waals surface area contributed by atoms with E-state index in [-0.39, 0.29) is 11.7 Å². The van der Waals surface area contributed by atoms with Gasteiger partial charge in [-0.1, -0.05) is 6.08 Å². The second-order valence-corrected chi connectivity index (χ2v) is 4.38. The van der Waals surface area contributed by atoms with E-state index < -0.39 is 32.4 Å². The van der Waals surface area contributed by atoms with Gasteiger partial charge in [-0.25, -0.2) is 4.79 Å². The van der Waals surface area contributed by atoms with E-state index in [9.17, 15) is 14.2 Å². The zero-order valence-electron chi connectivity index (χ0n) is 7.40. The van der Waals surface area contributed by atoms with E-state index in [0.717, 1.165) is 6.08 Å². The van der Waals surface area contributed by atoms with Crippen LogP contribution in [0.1, 0.15) is 6.42 Å². The molecule has 6 nitrogen and oxygen atoms in total. The van der Waals surface area contributed by atoms with Crippen LogP contribution in [0.5, 0.6) is 0 Å². The highest BCUT2D eigenvalue weighted by molar-refractivity contribution is 7.44. The molecule has 0 fully saturated rings. The van der Waals surface area contributed by atoms with Crippen LogP contribution in [0.2, 0.25) is 0 Å². The lowest BCUT2D eigenvalue weighted by atomic mass is 10.2. The zero-order chi connectivity index (χ0) is 11.1. The maximum absolute atomic E-state index is 10.8. The maximum atomic E-state index is 10.8. The maximum Gasteiger partial charge on any atom is 0.331 e. The van der Waals surface area contributed by atoms with E-state index in [4.69, 9.17) is 15.9 Å². The van der Waals surface area contributed by atoms with Gasteiger partial charge in [0.2, 0.25) is 5.91 Å². The Morgan fingerprint density at radius 2 is 2.00 bits per heavy atom. The molecule has 4 N–H and O–H groups in total. The smallest absolute Gasteiger partial charge is 0.331 e. The van der Waals surface area contributed by atoms with Gasteiger partial charge in [0.15, 0.2) is 0 Å². The molecule has 0 heterocycles. The number of hydrogen-bond acceptors (Lipinski definition) is 4. The van der Waals surface area contributed by atoms with Crippen molar-refractivity contribution in [2.75, 3.05) is 12.5 Å². The number of hydrogen-bond donors (Lipinski definition) is 3. The fourth-order valence-electron chi connectivity index (χ4n) is 0.724. The minimum Gasteiger partial charge on any atom is -0.478 e. The van der Waals surface area contributed by atoms with Crippen LogP contribution in [0, 0.1) is 0 Å². The molecule has 0 aromatic carbocycles. The fourth-order valence-corrected chi connectivity index (χ4v) is 1.33. The average Bonchev–Trinajstić information content (AvgIpc) is 2.10. The molecule has 7 heteroatoms. The fraction of sp³-hybridized carbons (Fsp3) is 0.429. The summed E-state index contributed by atoms with van der Waals surface area (Å²) in [6.07, 6.45) is 0.265. The summed E-state index contributed by atoms with van der Waals surface area (Å²) < 4.78 is 10.8. The third-order valence-corrected chi connectivity index (χ3v) is 2.40. The van der Waals surface area contributed by atoms with Crippen molar-refractivity contribution in [2.45, 2.75) is 6.42 Å². The van der Waals surface area contributed by atoms with E-state index in [0.29, 0.717) is 0 Å². The van der Waals surface area contributed by atoms with Crippen LogP contribution in [0.15, 0.2) is 11.6 Å². The molecule has 0 rings (SSSR count). The molecule has 0 bridgehead atoms. The van der Waals surface area contributed by atoms with Crippen LogP contribution >= 0.6 is 7.80 Å². The number of aliphatic hydroxyl groups excluding tert-OH is 1. The van der Waals surface area contributed by atoms with Crippen molar-refractivity contribution in [3.05, 3.63) is 11.6 Å². The number of amides is 1. The summed E-state index contributed by atoms with van der Waals surface area (Å²) in [5.74, 6) is -2.03. The van der Waals surface area contributed by atoms with Crippen LogP contribution in [0.3, 0.4) is 0 Å². The Balaban J connectivity index is 4.41. The molecular formula is C7H12NO5P. The van der Waals surface area contributed by atoms with Gasteiger partial charge in [0.25, 0.3) is 0 Å². The number of aliphatic carboxylic acids is 1. The third kappa shape index (κ3) is 5.50. The molecule has 1 amide bonds. The summed E-state index contributed by atoms with van der Waals surface area (Å²) in [6.45, 7) is 0. The van der Waals surface area contributed by atoms with Crippen molar-refractivity contribution in [1.82, 2.24) is 0 Å². The molecular weight excluding hydrogens is 209 g/mol. The van der Waals surface area contributed by atoms with E-state index in [1.165, 1.54) is 0 Å². The number of carboxylic acid groups (broad SMARTS) is 1. The average molecular weight is 221 g/mol. The lowest BCUT2D eigenvalue weighted by molar-refractivity contribution is -0.133. The molecule has 80 valence electrons. The van der Waals surface area contributed by atoms with Crippen LogP contribution in [-0.2, 0) is 14.2 Å². The molecule has 1 atom stereocenters. The van der Waals surface area contributed by atoms with Gasteiger partial charge in [0.1, 0.15) is 7.80 Å². The number of carboxylic acids is 1. The summed E-state index contributed by atoms with van der Waals surface area (Å²) in [7, 11) is -2.18. The predicted octanol–water partition coefficient (Wildman–Crippen LogP) is -0.618. The van der Waals surface area contributed by atoms with Gasteiger partial charge in [0, 0.05) is 11.7 Å². The Morgan fingerprint density at radius 3 is 2.36 bits per heavy atom. The van der Waals surface area contributed by atoms with Gasteiger partial charge >= 0.3 is 5.97 Å². The number of nitrogens with two attached hydrogens (primary N) is 1. The van der Waals surface area contributed by atoms with E-state index in [1.807, 2.05) is 0 Å². The van der Waals surface area contributed by atoms with Crippen molar-refractivity contribution < 1.29 is 24.4 Å². The monoisotopic (exact) mass is 221 g/mol. The molecule has 1 unspecified atom stereocenters. The molecule has 14 heavy (non-hydrogen) atoms. The van der Waals surface area contributed by atoms with E-state index in [1.54, 1.807) is 0 Å². The Hall–Kier alpha value is -1.13. The Bertz CT molecular complexity index is 286. The first-order valence-corrected chi connectivity index (χ1v) is 5.62. The number of primary amides is 1. The van der Waals surface area contributed by atoms with Crippen molar-refractivity contribution in [2.24, 2.45) is 5.73 Å². The summed E-state index contributed by atoms with van der Waals surface area (Å²) >= 11 is 0. The Labute approximate surface area is 81.2 Å². The molecule has 0 radical (unpaired) electrons.